The second-order valence-corrected chi connectivity index (χ2v) is 7.84. The third-order valence-electron chi connectivity index (χ3n) is 5.64. The number of benzene rings is 1. The minimum atomic E-state index is -0.106. The van der Waals surface area contributed by atoms with E-state index in [1.807, 2.05) is 31.4 Å². The lowest BCUT2D eigenvalue weighted by molar-refractivity contribution is 0.0931. The molecule has 1 aliphatic rings. The van der Waals surface area contributed by atoms with Crippen molar-refractivity contribution in [2.45, 2.75) is 18.9 Å². The molecule has 1 aromatic carbocycles. The Kier molecular flexibility index (Phi) is 6.11. The van der Waals surface area contributed by atoms with Crippen LogP contribution in [0.15, 0.2) is 42.9 Å². The highest BCUT2D eigenvalue weighted by atomic mass is 35.5. The summed E-state index contributed by atoms with van der Waals surface area (Å²) in [6.45, 7) is 1.84. The van der Waals surface area contributed by atoms with Gasteiger partial charge in [-0.2, -0.15) is 5.10 Å². The van der Waals surface area contributed by atoms with Crippen LogP contribution in [-0.4, -0.2) is 49.8 Å². The van der Waals surface area contributed by atoms with Crippen molar-refractivity contribution in [2.24, 2.45) is 7.05 Å². The number of carbonyl (C=O) groups is 1. The first-order chi connectivity index (χ1) is 15.1. The van der Waals surface area contributed by atoms with Crippen molar-refractivity contribution in [3.8, 4) is 22.5 Å². The summed E-state index contributed by atoms with van der Waals surface area (Å²) in [7, 11) is 1.87. The molecule has 0 aliphatic carbocycles. The highest BCUT2D eigenvalue weighted by Crippen LogP contribution is 2.30. The van der Waals surface area contributed by atoms with Crippen LogP contribution in [0, 0.1) is 0 Å². The van der Waals surface area contributed by atoms with Crippen LogP contribution in [0.2, 0.25) is 0 Å². The maximum absolute atomic E-state index is 12.9. The van der Waals surface area contributed by atoms with Gasteiger partial charge in [-0.05, 0) is 44.1 Å². The zero-order chi connectivity index (χ0) is 21.4. The van der Waals surface area contributed by atoms with Gasteiger partial charge >= 0.3 is 0 Å². The van der Waals surface area contributed by atoms with Crippen molar-refractivity contribution in [3.05, 3.63) is 48.4 Å². The van der Waals surface area contributed by atoms with E-state index in [0.717, 1.165) is 42.6 Å². The number of nitrogens with two attached hydrogens (primary N) is 1. The fraction of sp³-hybridized carbons (Fsp3) is 0.273. The Bertz CT molecular complexity index is 1260. The smallest absolute Gasteiger partial charge is 0.253 e. The maximum Gasteiger partial charge on any atom is 0.253 e. The molecule has 5 N–H and O–H groups in total. The molecule has 0 saturated carbocycles. The lowest BCUT2D eigenvalue weighted by atomic mass is 10.1. The number of nitrogens with one attached hydrogen (secondary N) is 3. The number of aromatic nitrogens is 5. The number of aromatic amines is 1. The van der Waals surface area contributed by atoms with Crippen LogP contribution in [0.25, 0.3) is 33.5 Å². The lowest BCUT2D eigenvalue weighted by Gasteiger charge is -2.23. The Morgan fingerprint density at radius 2 is 2.03 bits per heavy atom. The summed E-state index contributed by atoms with van der Waals surface area (Å²) < 4.78 is 1.74. The molecule has 10 heteroatoms. The van der Waals surface area contributed by atoms with Crippen molar-refractivity contribution in [1.29, 1.82) is 0 Å². The molecule has 0 unspecified atom stereocenters. The number of H-pyrrole nitrogens is 1. The molecule has 1 saturated heterocycles. The van der Waals surface area contributed by atoms with Crippen LogP contribution < -0.4 is 16.4 Å². The maximum atomic E-state index is 12.9. The van der Waals surface area contributed by atoms with Crippen LogP contribution in [0.5, 0.6) is 0 Å². The quantitative estimate of drug-likeness (QED) is 0.377. The minimum Gasteiger partial charge on any atom is -0.383 e. The van der Waals surface area contributed by atoms with Gasteiger partial charge in [0.05, 0.1) is 22.8 Å². The van der Waals surface area contributed by atoms with E-state index in [9.17, 15) is 4.79 Å². The number of hydrogen-bond donors (Lipinski definition) is 4. The summed E-state index contributed by atoms with van der Waals surface area (Å²) in [6.07, 6.45) is 7.27. The number of imidazole rings is 1. The molecule has 1 amide bonds. The van der Waals surface area contributed by atoms with E-state index in [2.05, 4.69) is 25.7 Å². The molecule has 3 aromatic heterocycles. The van der Waals surface area contributed by atoms with Gasteiger partial charge in [0.25, 0.3) is 5.91 Å². The molecule has 1 aliphatic heterocycles. The zero-order valence-corrected chi connectivity index (χ0v) is 18.4. The van der Waals surface area contributed by atoms with Crippen LogP contribution in [-0.2, 0) is 7.05 Å². The molecule has 166 valence electrons. The monoisotopic (exact) mass is 452 g/mol. The number of anilines is 1. The molecule has 9 nitrogen and oxygen atoms in total. The number of carbonyl (C=O) groups excluding carboxylic acids is 1. The molecule has 5 rings (SSSR count). The number of nitrogen functional groups attached to an aromatic ring is 1. The van der Waals surface area contributed by atoms with E-state index in [4.69, 9.17) is 10.7 Å². The lowest BCUT2D eigenvalue weighted by Crippen LogP contribution is -2.42. The summed E-state index contributed by atoms with van der Waals surface area (Å²) in [5.41, 5.74) is 10.6. The molecule has 0 radical (unpaired) electrons. The molecular weight excluding hydrogens is 428 g/mol. The topological polar surface area (TPSA) is 127 Å². The van der Waals surface area contributed by atoms with E-state index in [0.29, 0.717) is 28.3 Å². The fourth-order valence-electron chi connectivity index (χ4n) is 3.97. The molecule has 1 fully saturated rings. The molecule has 0 bridgehead atoms. The Balaban J connectivity index is 0.00000245. The van der Waals surface area contributed by atoms with Crippen LogP contribution in [0.4, 0.5) is 5.82 Å². The highest BCUT2D eigenvalue weighted by molar-refractivity contribution is 6.05. The fourth-order valence-corrected chi connectivity index (χ4v) is 3.97. The van der Waals surface area contributed by atoms with Gasteiger partial charge in [0.1, 0.15) is 17.2 Å². The van der Waals surface area contributed by atoms with E-state index in [1.165, 1.54) is 0 Å². The number of pyridine rings is 1. The number of rotatable bonds is 4. The molecule has 0 spiro atoms. The second kappa shape index (κ2) is 8.97. The number of halogens is 1. The second-order valence-electron chi connectivity index (χ2n) is 7.84. The van der Waals surface area contributed by atoms with E-state index < -0.39 is 0 Å². The Morgan fingerprint density at radius 3 is 2.78 bits per heavy atom. The summed E-state index contributed by atoms with van der Waals surface area (Å²) in [5, 5.41) is 10.7. The number of nitrogens with zero attached hydrogens (tertiary/aromatic N) is 4. The minimum absolute atomic E-state index is 0. The summed E-state index contributed by atoms with van der Waals surface area (Å²) in [6, 6.07) is 7.68. The van der Waals surface area contributed by atoms with Gasteiger partial charge < -0.3 is 21.4 Å². The number of piperidine rings is 1. The predicted octanol–water partition coefficient (Wildman–Crippen LogP) is 2.51. The van der Waals surface area contributed by atoms with Crippen molar-refractivity contribution in [1.82, 2.24) is 35.4 Å². The van der Waals surface area contributed by atoms with Gasteiger partial charge in [0.15, 0.2) is 0 Å². The van der Waals surface area contributed by atoms with Crippen molar-refractivity contribution >= 4 is 35.2 Å². The van der Waals surface area contributed by atoms with Crippen molar-refractivity contribution in [3.63, 3.8) is 0 Å². The Morgan fingerprint density at radius 1 is 1.22 bits per heavy atom. The van der Waals surface area contributed by atoms with Gasteiger partial charge in [-0.15, -0.1) is 12.4 Å². The molecule has 4 aromatic rings. The average Bonchev–Trinajstić information content (AvgIpc) is 3.41. The molecule has 4 heterocycles. The van der Waals surface area contributed by atoms with Gasteiger partial charge in [-0.1, -0.05) is 6.07 Å². The predicted molar refractivity (Wildman–Crippen MR) is 127 cm³/mol. The van der Waals surface area contributed by atoms with E-state index in [-0.39, 0.29) is 24.4 Å². The molecular formula is C22H25ClN8O. The summed E-state index contributed by atoms with van der Waals surface area (Å²) in [5.74, 6) is 0.839. The summed E-state index contributed by atoms with van der Waals surface area (Å²) in [4.78, 5) is 25.3. The molecule has 0 atom stereocenters. The highest BCUT2D eigenvalue weighted by Gasteiger charge is 2.20. The van der Waals surface area contributed by atoms with Crippen LogP contribution in [0.3, 0.4) is 0 Å². The Labute approximate surface area is 191 Å². The zero-order valence-electron chi connectivity index (χ0n) is 17.6. The first-order valence-corrected chi connectivity index (χ1v) is 10.3. The number of amides is 1. The van der Waals surface area contributed by atoms with Gasteiger partial charge in [-0.25, -0.2) is 9.97 Å². The summed E-state index contributed by atoms with van der Waals surface area (Å²) >= 11 is 0. The van der Waals surface area contributed by atoms with Crippen LogP contribution >= 0.6 is 12.4 Å². The number of hydrogen-bond acceptors (Lipinski definition) is 6. The largest absolute Gasteiger partial charge is 0.383 e. The van der Waals surface area contributed by atoms with Crippen LogP contribution in [0.1, 0.15) is 23.2 Å². The normalized spacial score (nSPS) is 14.3. The van der Waals surface area contributed by atoms with Crippen molar-refractivity contribution in [2.75, 3.05) is 18.8 Å². The number of para-hydroxylation sites is 1. The van der Waals surface area contributed by atoms with E-state index >= 15 is 0 Å². The number of aryl methyl sites for hydroxylation is 1. The number of fused-ring (bicyclic) bond motifs is 1. The third kappa shape index (κ3) is 4.17. The third-order valence-corrected chi connectivity index (χ3v) is 5.64. The van der Waals surface area contributed by atoms with E-state index in [1.54, 1.807) is 23.1 Å². The SMILES string of the molecule is Cl.Cn1cc(-c2cnc(N)c(-c3nc4c(C(=O)NC5CCNCC5)cccc4[nH]3)c2)cn1. The average molecular weight is 453 g/mol. The van der Waals surface area contributed by atoms with Gasteiger partial charge in [0, 0.05) is 36.6 Å². The van der Waals surface area contributed by atoms with Gasteiger partial charge in [0.2, 0.25) is 0 Å². The molecule has 32 heavy (non-hydrogen) atoms. The Hall–Kier alpha value is -3.43. The first kappa shape index (κ1) is 21.8. The first-order valence-electron chi connectivity index (χ1n) is 10.3. The van der Waals surface area contributed by atoms with Crippen molar-refractivity contribution < 1.29 is 4.79 Å². The van der Waals surface area contributed by atoms with Gasteiger partial charge in [-0.3, -0.25) is 9.48 Å². The standard InChI is InChI=1S/C22H24N8O.ClH/c1-30-12-14(11-26-30)13-9-17(20(23)25-10-13)21-28-18-4-2-3-16(19(18)29-21)22(31)27-15-5-7-24-8-6-15;/h2-4,9-12,15,24H,5-8H2,1H3,(H2,23,25)(H,27,31)(H,28,29);1H.